The van der Waals surface area contributed by atoms with E-state index in [1.165, 1.54) is 6.07 Å². The fourth-order valence-corrected chi connectivity index (χ4v) is 4.61. The molecular weight excluding hydrogens is 411 g/mol. The smallest absolute Gasteiger partial charge is 0.273 e. The number of carbonyl (C=O) groups excluding carboxylic acids is 1. The average Bonchev–Trinajstić information content (AvgIpc) is 3.02. The van der Waals surface area contributed by atoms with Crippen LogP contribution in [0.3, 0.4) is 0 Å². The normalized spacial score (nSPS) is 15.0. The van der Waals surface area contributed by atoms with E-state index in [2.05, 4.69) is 10.2 Å². The fraction of sp³-hybridized carbons (Fsp3) is 0.458. The van der Waals surface area contributed by atoms with E-state index in [-0.39, 0.29) is 23.1 Å². The number of nitrogens with one attached hydrogen (secondary N) is 1. The van der Waals surface area contributed by atoms with Gasteiger partial charge in [-0.3, -0.25) is 9.59 Å². The van der Waals surface area contributed by atoms with Crippen LogP contribution in [0.5, 0.6) is 0 Å². The van der Waals surface area contributed by atoms with E-state index in [9.17, 15) is 14.0 Å². The lowest BCUT2D eigenvalue weighted by Crippen LogP contribution is -2.41. The molecule has 3 heterocycles. The highest BCUT2D eigenvalue weighted by Crippen LogP contribution is 2.26. The van der Waals surface area contributed by atoms with Crippen molar-refractivity contribution in [2.45, 2.75) is 46.1 Å². The zero-order chi connectivity index (χ0) is 23.0. The minimum atomic E-state index is -0.531. The van der Waals surface area contributed by atoms with Crippen molar-refractivity contribution in [1.29, 1.82) is 0 Å². The van der Waals surface area contributed by atoms with Crippen molar-refractivity contribution in [3.63, 3.8) is 0 Å². The maximum absolute atomic E-state index is 14.6. The molecule has 1 aliphatic rings. The molecule has 2 aromatic heterocycles. The number of hydrogen-bond acceptors (Lipinski definition) is 4. The molecular formula is C24H29FN4O3. The van der Waals surface area contributed by atoms with Crippen LogP contribution in [0.15, 0.2) is 23.0 Å². The summed E-state index contributed by atoms with van der Waals surface area (Å²) < 4.78 is 22.2. The number of piperidine rings is 1. The molecule has 4 rings (SSSR count). The van der Waals surface area contributed by atoms with Gasteiger partial charge in [-0.25, -0.2) is 9.49 Å². The maximum Gasteiger partial charge on any atom is 0.273 e. The van der Waals surface area contributed by atoms with E-state index < -0.39 is 5.82 Å². The van der Waals surface area contributed by atoms with Crippen molar-refractivity contribution in [3.05, 3.63) is 62.6 Å². The van der Waals surface area contributed by atoms with Gasteiger partial charge in [-0.15, -0.1) is 0 Å². The Morgan fingerprint density at radius 2 is 1.91 bits per heavy atom. The SMILES string of the molecule is CCOC1CCN(C(=O)c2cc(Cc3n[nH]c(=O)c4c(C)n(C)c(C)c34)ccc2F)CC1. The molecule has 1 N–H and O–H groups in total. The Morgan fingerprint density at radius 1 is 1.22 bits per heavy atom. The molecule has 1 amide bonds. The standard InChI is InChI=1S/C24H29FN4O3/c1-5-32-17-8-10-29(11-9-17)24(31)18-12-16(6-7-19(18)25)13-20-21-14(2)28(4)15(3)22(21)23(30)27-26-20/h6-7,12,17H,5,8-11,13H2,1-4H3,(H,27,30). The van der Waals surface area contributed by atoms with E-state index in [1.807, 2.05) is 32.4 Å². The van der Waals surface area contributed by atoms with Crippen LogP contribution in [-0.2, 0) is 18.2 Å². The first-order valence-electron chi connectivity index (χ1n) is 11.0. The molecule has 1 saturated heterocycles. The first kappa shape index (κ1) is 22.2. The average molecular weight is 441 g/mol. The largest absolute Gasteiger partial charge is 0.378 e. The lowest BCUT2D eigenvalue weighted by molar-refractivity contribution is 0.0144. The van der Waals surface area contributed by atoms with E-state index in [4.69, 9.17) is 4.74 Å². The minimum Gasteiger partial charge on any atom is -0.378 e. The Morgan fingerprint density at radius 3 is 2.59 bits per heavy atom. The van der Waals surface area contributed by atoms with Gasteiger partial charge in [0.15, 0.2) is 0 Å². The third kappa shape index (κ3) is 3.95. The summed E-state index contributed by atoms with van der Waals surface area (Å²) in [6, 6.07) is 4.61. The van der Waals surface area contributed by atoms with Gasteiger partial charge < -0.3 is 14.2 Å². The van der Waals surface area contributed by atoms with Crippen LogP contribution < -0.4 is 5.56 Å². The predicted molar refractivity (Wildman–Crippen MR) is 121 cm³/mol. The highest BCUT2D eigenvalue weighted by molar-refractivity contribution is 5.95. The van der Waals surface area contributed by atoms with Gasteiger partial charge in [0.05, 0.1) is 22.7 Å². The van der Waals surface area contributed by atoms with E-state index in [1.54, 1.807) is 17.0 Å². The predicted octanol–water partition coefficient (Wildman–Crippen LogP) is 3.25. The Balaban J connectivity index is 1.62. The summed E-state index contributed by atoms with van der Waals surface area (Å²) in [6.45, 7) is 7.57. The van der Waals surface area contributed by atoms with E-state index >= 15 is 0 Å². The number of likely N-dealkylation sites (tertiary alicyclic amines) is 1. The Hall–Kier alpha value is -3.00. The highest BCUT2D eigenvalue weighted by Gasteiger charge is 2.26. The molecule has 32 heavy (non-hydrogen) atoms. The van der Waals surface area contributed by atoms with Crippen molar-refractivity contribution in [2.24, 2.45) is 7.05 Å². The number of rotatable bonds is 5. The van der Waals surface area contributed by atoms with Gasteiger partial charge in [-0.05, 0) is 51.3 Å². The van der Waals surface area contributed by atoms with Crippen LogP contribution in [0.2, 0.25) is 0 Å². The Labute approximate surface area is 186 Å². The topological polar surface area (TPSA) is 80.2 Å². The molecule has 1 aliphatic heterocycles. The summed E-state index contributed by atoms with van der Waals surface area (Å²) in [6.07, 6.45) is 2.05. The van der Waals surface area contributed by atoms with Crippen molar-refractivity contribution >= 4 is 16.7 Å². The Kier molecular flexibility index (Phi) is 6.15. The van der Waals surface area contributed by atoms with Crippen LogP contribution in [0.4, 0.5) is 4.39 Å². The summed E-state index contributed by atoms with van der Waals surface area (Å²) in [5.41, 5.74) is 3.12. The maximum atomic E-state index is 14.6. The lowest BCUT2D eigenvalue weighted by Gasteiger charge is -2.32. The number of aromatic nitrogens is 3. The second kappa shape index (κ2) is 8.86. The number of nitrogens with zero attached hydrogens (tertiary/aromatic N) is 3. The van der Waals surface area contributed by atoms with Crippen molar-refractivity contribution < 1.29 is 13.9 Å². The summed E-state index contributed by atoms with van der Waals surface area (Å²) in [5.74, 6) is -0.831. The van der Waals surface area contributed by atoms with Crippen molar-refractivity contribution in [2.75, 3.05) is 19.7 Å². The third-order valence-corrected chi connectivity index (χ3v) is 6.55. The number of amides is 1. The fourth-order valence-electron chi connectivity index (χ4n) is 4.61. The monoisotopic (exact) mass is 440 g/mol. The van der Waals surface area contributed by atoms with Gasteiger partial charge in [0.2, 0.25) is 0 Å². The number of aromatic amines is 1. The minimum absolute atomic E-state index is 0.0685. The second-order valence-electron chi connectivity index (χ2n) is 8.42. The van der Waals surface area contributed by atoms with Crippen molar-refractivity contribution in [1.82, 2.24) is 19.7 Å². The molecule has 0 unspecified atom stereocenters. The van der Waals surface area contributed by atoms with Gasteiger partial charge in [0.1, 0.15) is 5.82 Å². The summed E-state index contributed by atoms with van der Waals surface area (Å²) in [5, 5.41) is 8.28. The first-order chi connectivity index (χ1) is 15.3. The molecule has 0 atom stereocenters. The quantitative estimate of drug-likeness (QED) is 0.661. The number of aryl methyl sites for hydroxylation is 2. The number of ether oxygens (including phenoxy) is 1. The molecule has 7 nitrogen and oxygen atoms in total. The number of hydrogen-bond donors (Lipinski definition) is 1. The van der Waals surface area contributed by atoms with E-state index in [0.717, 1.165) is 35.2 Å². The number of fused-ring (bicyclic) bond motifs is 1. The summed E-state index contributed by atoms with van der Waals surface area (Å²) in [7, 11) is 1.91. The molecule has 0 spiro atoms. The van der Waals surface area contributed by atoms with Gasteiger partial charge in [0, 0.05) is 49.9 Å². The number of H-pyrrole nitrogens is 1. The third-order valence-electron chi connectivity index (χ3n) is 6.55. The number of benzene rings is 1. The van der Waals surface area contributed by atoms with Gasteiger partial charge >= 0.3 is 0 Å². The number of halogens is 1. The molecule has 0 bridgehead atoms. The molecule has 170 valence electrons. The van der Waals surface area contributed by atoms with Gasteiger partial charge in [-0.2, -0.15) is 5.10 Å². The second-order valence-corrected chi connectivity index (χ2v) is 8.42. The zero-order valence-electron chi connectivity index (χ0n) is 19.0. The number of carbonyl (C=O) groups is 1. The lowest BCUT2D eigenvalue weighted by atomic mass is 10.0. The van der Waals surface area contributed by atoms with Gasteiger partial charge in [-0.1, -0.05) is 6.07 Å². The summed E-state index contributed by atoms with van der Waals surface area (Å²) >= 11 is 0. The molecule has 0 saturated carbocycles. The summed E-state index contributed by atoms with van der Waals surface area (Å²) in [4.78, 5) is 27.1. The van der Waals surface area contributed by atoms with E-state index in [0.29, 0.717) is 37.2 Å². The Bertz CT molecular complexity index is 1220. The highest BCUT2D eigenvalue weighted by atomic mass is 19.1. The molecule has 1 fully saturated rings. The molecule has 1 aromatic carbocycles. The van der Waals surface area contributed by atoms with Crippen LogP contribution in [-0.4, -0.2) is 51.4 Å². The molecule has 3 aromatic rings. The van der Waals surface area contributed by atoms with Crippen molar-refractivity contribution in [3.8, 4) is 0 Å². The first-order valence-corrected chi connectivity index (χ1v) is 11.0. The van der Waals surface area contributed by atoms with Crippen LogP contribution in [0.25, 0.3) is 10.8 Å². The molecule has 0 aliphatic carbocycles. The van der Waals surface area contributed by atoms with Crippen LogP contribution in [0, 0.1) is 19.7 Å². The molecule has 8 heteroatoms. The van der Waals surface area contributed by atoms with Crippen LogP contribution in [0.1, 0.15) is 52.8 Å². The molecule has 0 radical (unpaired) electrons. The van der Waals surface area contributed by atoms with Gasteiger partial charge in [0.25, 0.3) is 11.5 Å². The van der Waals surface area contributed by atoms with Crippen LogP contribution >= 0.6 is 0 Å². The zero-order valence-corrected chi connectivity index (χ0v) is 19.0.